The van der Waals surface area contributed by atoms with Gasteiger partial charge in [0.15, 0.2) is 0 Å². The Labute approximate surface area is 222 Å². The third-order valence-corrected chi connectivity index (χ3v) is 6.41. The van der Waals surface area contributed by atoms with Crippen molar-refractivity contribution in [2.24, 2.45) is 0 Å². The molecule has 0 saturated heterocycles. The Kier molecular flexibility index (Phi) is 7.18. The number of H-pyrrole nitrogens is 1. The molecule has 0 spiro atoms. The molecule has 0 unspecified atom stereocenters. The van der Waals surface area contributed by atoms with Crippen LogP contribution in [-0.2, 0) is 4.79 Å². The molecule has 1 aromatic heterocycles. The SMILES string of the molecule is C=CC(=O)Oc1ccccc1/C(=C(\CC)c1ccc(Oc2ccccc2)c(C)c1)c1ccc2[nH]ncc2c1. The number of hydrogen-bond donors (Lipinski definition) is 1. The maximum Gasteiger partial charge on any atom is 0.335 e. The number of rotatable bonds is 8. The summed E-state index contributed by atoms with van der Waals surface area (Å²) in [6, 6.07) is 29.8. The van der Waals surface area contributed by atoms with E-state index in [-0.39, 0.29) is 0 Å². The molecule has 0 aliphatic rings. The average molecular weight is 501 g/mol. The first-order chi connectivity index (χ1) is 18.6. The molecular formula is C33H28N2O3. The zero-order valence-corrected chi connectivity index (χ0v) is 21.4. The largest absolute Gasteiger partial charge is 0.457 e. The lowest BCUT2D eigenvalue weighted by molar-refractivity contribution is -0.128. The van der Waals surface area contributed by atoms with Gasteiger partial charge in [0, 0.05) is 17.0 Å². The first-order valence-electron chi connectivity index (χ1n) is 12.5. The second-order valence-electron chi connectivity index (χ2n) is 8.90. The number of allylic oxidation sites excluding steroid dienone is 1. The molecule has 4 aromatic carbocycles. The van der Waals surface area contributed by atoms with E-state index in [1.165, 1.54) is 6.08 Å². The van der Waals surface area contributed by atoms with Crippen LogP contribution in [0.25, 0.3) is 22.0 Å². The highest BCUT2D eigenvalue weighted by Gasteiger charge is 2.19. The molecule has 5 aromatic rings. The Morgan fingerprint density at radius 3 is 2.45 bits per heavy atom. The third kappa shape index (κ3) is 5.13. The lowest BCUT2D eigenvalue weighted by atomic mass is 9.87. The van der Waals surface area contributed by atoms with Gasteiger partial charge in [-0.2, -0.15) is 5.10 Å². The highest BCUT2D eigenvalue weighted by Crippen LogP contribution is 2.40. The number of ether oxygens (including phenoxy) is 2. The standard InChI is InChI=1S/C33H28N2O3/c1-4-27(23-16-18-30(22(3)19-23)37-26-11-7-6-8-12-26)33(24-15-17-29-25(20-24)21-34-35-29)28-13-9-10-14-31(28)38-32(36)5-2/h5-21H,2,4H2,1,3H3,(H,34,35)/b33-27+. The van der Waals surface area contributed by atoms with E-state index < -0.39 is 5.97 Å². The molecule has 0 fully saturated rings. The molecule has 1 N–H and O–H groups in total. The van der Waals surface area contributed by atoms with E-state index in [4.69, 9.17) is 9.47 Å². The number of nitrogens with one attached hydrogen (secondary N) is 1. The van der Waals surface area contributed by atoms with Gasteiger partial charge in [-0.15, -0.1) is 0 Å². The quantitative estimate of drug-likeness (QED) is 0.101. The van der Waals surface area contributed by atoms with E-state index in [1.54, 1.807) is 0 Å². The molecule has 0 bridgehead atoms. The smallest absolute Gasteiger partial charge is 0.335 e. The maximum atomic E-state index is 12.2. The van der Waals surface area contributed by atoms with Gasteiger partial charge in [-0.05, 0) is 83.6 Å². The lowest BCUT2D eigenvalue weighted by Gasteiger charge is -2.19. The van der Waals surface area contributed by atoms with Gasteiger partial charge in [0.1, 0.15) is 17.2 Å². The summed E-state index contributed by atoms with van der Waals surface area (Å²) in [7, 11) is 0. The second-order valence-corrected chi connectivity index (χ2v) is 8.90. The van der Waals surface area contributed by atoms with Gasteiger partial charge in [0.25, 0.3) is 0 Å². The van der Waals surface area contributed by atoms with Crippen molar-refractivity contribution in [3.8, 4) is 17.2 Å². The number of nitrogens with zero attached hydrogens (tertiary/aromatic N) is 1. The van der Waals surface area contributed by atoms with Crippen LogP contribution in [-0.4, -0.2) is 16.2 Å². The topological polar surface area (TPSA) is 64.2 Å². The van der Waals surface area contributed by atoms with E-state index in [1.807, 2.05) is 79.9 Å². The fourth-order valence-electron chi connectivity index (χ4n) is 4.60. The number of fused-ring (bicyclic) bond motifs is 1. The van der Waals surface area contributed by atoms with Crippen LogP contribution in [0.5, 0.6) is 17.2 Å². The number of aryl methyl sites for hydroxylation is 1. The molecule has 0 amide bonds. The fourth-order valence-corrected chi connectivity index (χ4v) is 4.60. The van der Waals surface area contributed by atoms with Crippen molar-refractivity contribution in [3.63, 3.8) is 0 Å². The Balaban J connectivity index is 1.69. The van der Waals surface area contributed by atoms with Crippen LogP contribution in [0.3, 0.4) is 0 Å². The Morgan fingerprint density at radius 2 is 1.68 bits per heavy atom. The monoisotopic (exact) mass is 500 g/mol. The zero-order valence-electron chi connectivity index (χ0n) is 21.4. The molecule has 38 heavy (non-hydrogen) atoms. The van der Waals surface area contributed by atoms with E-state index in [2.05, 4.69) is 48.0 Å². The van der Waals surface area contributed by atoms with Crippen molar-refractivity contribution >= 4 is 28.0 Å². The van der Waals surface area contributed by atoms with E-state index in [0.717, 1.165) is 62.2 Å². The highest BCUT2D eigenvalue weighted by molar-refractivity contribution is 6.02. The van der Waals surface area contributed by atoms with Crippen molar-refractivity contribution in [1.82, 2.24) is 10.2 Å². The molecule has 5 heteroatoms. The number of aromatic nitrogens is 2. The predicted octanol–water partition coefficient (Wildman–Crippen LogP) is 8.12. The minimum absolute atomic E-state index is 0.478. The van der Waals surface area contributed by atoms with Crippen molar-refractivity contribution in [2.75, 3.05) is 0 Å². The normalized spacial score (nSPS) is 11.6. The number of aromatic amines is 1. The molecule has 0 aliphatic carbocycles. The van der Waals surface area contributed by atoms with Crippen LogP contribution >= 0.6 is 0 Å². The van der Waals surface area contributed by atoms with Gasteiger partial charge in [-0.1, -0.05) is 62.0 Å². The first-order valence-corrected chi connectivity index (χ1v) is 12.5. The molecule has 188 valence electrons. The Bertz CT molecular complexity index is 1650. The Hall–Kier alpha value is -4.90. The van der Waals surface area contributed by atoms with Gasteiger partial charge in [0.05, 0.1) is 11.7 Å². The number of carbonyl (C=O) groups is 1. The van der Waals surface area contributed by atoms with Gasteiger partial charge in [0.2, 0.25) is 0 Å². The molecular weight excluding hydrogens is 472 g/mol. The van der Waals surface area contributed by atoms with Crippen LogP contribution in [0.15, 0.2) is 110 Å². The van der Waals surface area contributed by atoms with Crippen LogP contribution in [0.4, 0.5) is 0 Å². The molecule has 0 saturated carbocycles. The first kappa shape index (κ1) is 24.8. The molecule has 5 rings (SSSR count). The van der Waals surface area contributed by atoms with Crippen molar-refractivity contribution in [3.05, 3.63) is 132 Å². The molecule has 0 atom stereocenters. The Morgan fingerprint density at radius 1 is 0.921 bits per heavy atom. The highest BCUT2D eigenvalue weighted by atomic mass is 16.5. The summed E-state index contributed by atoms with van der Waals surface area (Å²) >= 11 is 0. The van der Waals surface area contributed by atoms with Crippen molar-refractivity contribution in [1.29, 1.82) is 0 Å². The number of hydrogen-bond acceptors (Lipinski definition) is 4. The number of esters is 1. The summed E-state index contributed by atoms with van der Waals surface area (Å²) in [5, 5.41) is 8.20. The molecule has 0 radical (unpaired) electrons. The van der Waals surface area contributed by atoms with Crippen molar-refractivity contribution in [2.45, 2.75) is 20.3 Å². The number of carbonyl (C=O) groups excluding carboxylic acids is 1. The zero-order chi connectivity index (χ0) is 26.5. The van der Waals surface area contributed by atoms with E-state index >= 15 is 0 Å². The van der Waals surface area contributed by atoms with Gasteiger partial charge >= 0.3 is 5.97 Å². The fraction of sp³-hybridized carbons (Fsp3) is 0.0909. The number of para-hydroxylation sites is 2. The summed E-state index contributed by atoms with van der Waals surface area (Å²) in [4.78, 5) is 12.2. The second kappa shape index (κ2) is 11.0. The van der Waals surface area contributed by atoms with Gasteiger partial charge in [-0.25, -0.2) is 4.79 Å². The molecule has 1 heterocycles. The summed E-state index contributed by atoms with van der Waals surface area (Å²) in [6.07, 6.45) is 3.74. The molecule has 5 nitrogen and oxygen atoms in total. The van der Waals surface area contributed by atoms with Crippen LogP contribution in [0.2, 0.25) is 0 Å². The van der Waals surface area contributed by atoms with Crippen molar-refractivity contribution < 1.29 is 14.3 Å². The molecule has 0 aliphatic heterocycles. The van der Waals surface area contributed by atoms with Crippen LogP contribution in [0, 0.1) is 6.92 Å². The minimum atomic E-state index is -0.501. The predicted molar refractivity (Wildman–Crippen MR) is 152 cm³/mol. The summed E-state index contributed by atoms with van der Waals surface area (Å²) in [5.74, 6) is 1.57. The van der Waals surface area contributed by atoms with E-state index in [9.17, 15) is 4.79 Å². The van der Waals surface area contributed by atoms with Crippen LogP contribution < -0.4 is 9.47 Å². The summed E-state index contributed by atoms with van der Waals surface area (Å²) in [5.41, 5.74) is 6.97. The van der Waals surface area contributed by atoms with Crippen LogP contribution in [0.1, 0.15) is 35.6 Å². The minimum Gasteiger partial charge on any atom is -0.457 e. The maximum absolute atomic E-state index is 12.2. The number of benzene rings is 4. The summed E-state index contributed by atoms with van der Waals surface area (Å²) < 4.78 is 11.8. The average Bonchev–Trinajstić information content (AvgIpc) is 3.42. The summed E-state index contributed by atoms with van der Waals surface area (Å²) in [6.45, 7) is 7.74. The third-order valence-electron chi connectivity index (χ3n) is 6.41. The van der Waals surface area contributed by atoms with Gasteiger partial charge < -0.3 is 9.47 Å². The lowest BCUT2D eigenvalue weighted by Crippen LogP contribution is -2.06. The van der Waals surface area contributed by atoms with Gasteiger partial charge in [-0.3, -0.25) is 5.10 Å². The van der Waals surface area contributed by atoms with E-state index in [0.29, 0.717) is 5.75 Å².